The van der Waals surface area contributed by atoms with E-state index in [4.69, 9.17) is 4.42 Å². The third-order valence-electron chi connectivity index (χ3n) is 3.42. The lowest BCUT2D eigenvalue weighted by molar-refractivity contribution is -0.139. The molecule has 0 aliphatic carbocycles. The summed E-state index contributed by atoms with van der Waals surface area (Å²) < 4.78 is 5.02. The van der Waals surface area contributed by atoms with Crippen LogP contribution in [0.3, 0.4) is 0 Å². The normalized spacial score (nSPS) is 12.0. The molecule has 0 saturated heterocycles. The maximum atomic E-state index is 12.4. The summed E-state index contributed by atoms with van der Waals surface area (Å²) in [5.41, 5.74) is 0.658. The first kappa shape index (κ1) is 18.7. The molecule has 2 heterocycles. The molecule has 7 nitrogen and oxygen atoms in total. The highest BCUT2D eigenvalue weighted by Crippen LogP contribution is 2.27. The van der Waals surface area contributed by atoms with Gasteiger partial charge >= 0.3 is 5.97 Å². The molecule has 0 unspecified atom stereocenters. The number of amides is 2. The van der Waals surface area contributed by atoms with Crippen molar-refractivity contribution >= 4 is 34.1 Å². The molecular formula is C17H20N2O5S. The van der Waals surface area contributed by atoms with Crippen LogP contribution in [0.15, 0.2) is 28.9 Å². The lowest BCUT2D eigenvalue weighted by atomic mass is 10.0. The van der Waals surface area contributed by atoms with Crippen LogP contribution >= 0.6 is 11.3 Å². The van der Waals surface area contributed by atoms with Crippen LogP contribution in [0.25, 0.3) is 0 Å². The van der Waals surface area contributed by atoms with Gasteiger partial charge in [-0.15, -0.1) is 11.3 Å². The molecular weight excluding hydrogens is 344 g/mol. The van der Waals surface area contributed by atoms with Crippen LogP contribution < -0.4 is 10.6 Å². The quantitative estimate of drug-likeness (QED) is 0.699. The van der Waals surface area contributed by atoms with Gasteiger partial charge in [0.25, 0.3) is 11.8 Å². The fraction of sp³-hybridized carbons (Fsp3) is 0.353. The number of hydrogen-bond acceptors (Lipinski definition) is 5. The average molecular weight is 364 g/mol. The zero-order chi connectivity index (χ0) is 18.6. The molecule has 0 fully saturated rings. The van der Waals surface area contributed by atoms with E-state index in [1.165, 1.54) is 12.3 Å². The van der Waals surface area contributed by atoms with E-state index >= 15 is 0 Å². The Morgan fingerprint density at radius 3 is 2.56 bits per heavy atom. The third kappa shape index (κ3) is 4.93. The number of hydrogen-bond donors (Lipinski definition) is 3. The topological polar surface area (TPSA) is 109 Å². The van der Waals surface area contributed by atoms with Gasteiger partial charge in [0.05, 0.1) is 16.1 Å². The molecule has 8 heteroatoms. The van der Waals surface area contributed by atoms with Gasteiger partial charge in [-0.2, -0.15) is 0 Å². The second-order valence-corrected chi connectivity index (χ2v) is 7.10. The number of carboxylic acid groups (broad SMARTS) is 1. The fourth-order valence-corrected chi connectivity index (χ4v) is 3.24. The van der Waals surface area contributed by atoms with Crippen LogP contribution in [0.2, 0.25) is 0 Å². The van der Waals surface area contributed by atoms with E-state index in [0.717, 1.165) is 11.3 Å². The van der Waals surface area contributed by atoms with Crippen molar-refractivity contribution in [1.29, 1.82) is 0 Å². The van der Waals surface area contributed by atoms with Gasteiger partial charge in [0.2, 0.25) is 0 Å². The first-order valence-electron chi connectivity index (χ1n) is 7.77. The molecule has 0 aromatic carbocycles. The number of aliphatic carboxylic acids is 1. The van der Waals surface area contributed by atoms with Gasteiger partial charge < -0.3 is 20.2 Å². The molecule has 2 amide bonds. The predicted molar refractivity (Wildman–Crippen MR) is 94.1 cm³/mol. The lowest BCUT2D eigenvalue weighted by Gasteiger charge is -2.16. The van der Waals surface area contributed by atoms with Crippen molar-refractivity contribution in [3.63, 3.8) is 0 Å². The van der Waals surface area contributed by atoms with E-state index in [1.54, 1.807) is 19.1 Å². The van der Waals surface area contributed by atoms with Crippen molar-refractivity contribution in [1.82, 2.24) is 5.32 Å². The van der Waals surface area contributed by atoms with Gasteiger partial charge in [-0.3, -0.25) is 9.59 Å². The Kier molecular flexibility index (Phi) is 5.97. The molecule has 25 heavy (non-hydrogen) atoms. The Labute approximate surface area is 149 Å². The van der Waals surface area contributed by atoms with Crippen LogP contribution in [0, 0.1) is 12.8 Å². The fourth-order valence-electron chi connectivity index (χ4n) is 2.27. The highest BCUT2D eigenvalue weighted by molar-refractivity contribution is 7.18. The second kappa shape index (κ2) is 7.98. The summed E-state index contributed by atoms with van der Waals surface area (Å²) in [4.78, 5) is 36.0. The first-order chi connectivity index (χ1) is 11.8. The monoisotopic (exact) mass is 364 g/mol. The third-order valence-corrected chi connectivity index (χ3v) is 4.57. The summed E-state index contributed by atoms with van der Waals surface area (Å²) in [6.07, 6.45) is 1.74. The first-order valence-corrected chi connectivity index (χ1v) is 8.58. The van der Waals surface area contributed by atoms with Gasteiger partial charge in [0.15, 0.2) is 5.76 Å². The molecule has 134 valence electrons. The smallest absolute Gasteiger partial charge is 0.326 e. The number of carbonyl (C=O) groups excluding carboxylic acids is 2. The maximum absolute atomic E-state index is 12.4. The highest BCUT2D eigenvalue weighted by Gasteiger charge is 2.24. The molecule has 3 N–H and O–H groups in total. The number of thiophene rings is 1. The zero-order valence-electron chi connectivity index (χ0n) is 14.2. The Bertz CT molecular complexity index is 764. The summed E-state index contributed by atoms with van der Waals surface area (Å²) in [7, 11) is 0. The number of furan rings is 1. The second-order valence-electron chi connectivity index (χ2n) is 6.05. The van der Waals surface area contributed by atoms with Crippen molar-refractivity contribution in [2.24, 2.45) is 5.92 Å². The molecule has 0 aliphatic rings. The highest BCUT2D eigenvalue weighted by atomic mass is 32.1. The van der Waals surface area contributed by atoms with E-state index in [-0.39, 0.29) is 11.7 Å². The summed E-state index contributed by atoms with van der Waals surface area (Å²) in [5.74, 6) is -1.65. The average Bonchev–Trinajstić information content (AvgIpc) is 3.15. The Balaban J connectivity index is 2.09. The molecule has 0 radical (unpaired) electrons. The summed E-state index contributed by atoms with van der Waals surface area (Å²) >= 11 is 1.09. The number of aryl methyl sites for hydroxylation is 1. The van der Waals surface area contributed by atoms with Crippen molar-refractivity contribution in [2.75, 3.05) is 5.32 Å². The van der Waals surface area contributed by atoms with Gasteiger partial charge in [-0.05, 0) is 43.0 Å². The summed E-state index contributed by atoms with van der Waals surface area (Å²) in [6.45, 7) is 5.51. The number of anilines is 1. The van der Waals surface area contributed by atoms with Crippen LogP contribution in [0.4, 0.5) is 5.00 Å². The van der Waals surface area contributed by atoms with E-state index in [2.05, 4.69) is 10.6 Å². The molecule has 2 aromatic heterocycles. The van der Waals surface area contributed by atoms with Crippen LogP contribution in [0.5, 0.6) is 0 Å². The van der Waals surface area contributed by atoms with Crippen molar-refractivity contribution in [3.8, 4) is 0 Å². The molecule has 0 bridgehead atoms. The Morgan fingerprint density at radius 2 is 2.00 bits per heavy atom. The van der Waals surface area contributed by atoms with E-state index in [9.17, 15) is 19.5 Å². The number of rotatable bonds is 7. The minimum absolute atomic E-state index is 0.133. The van der Waals surface area contributed by atoms with Gasteiger partial charge in [-0.25, -0.2) is 4.79 Å². The molecule has 0 saturated carbocycles. The van der Waals surface area contributed by atoms with Gasteiger partial charge in [-0.1, -0.05) is 13.8 Å². The van der Waals surface area contributed by atoms with Crippen LogP contribution in [-0.4, -0.2) is 28.9 Å². The molecule has 2 aromatic rings. The summed E-state index contributed by atoms with van der Waals surface area (Å²) in [6, 6.07) is 3.86. The minimum Gasteiger partial charge on any atom is -0.480 e. The van der Waals surface area contributed by atoms with Crippen LogP contribution in [0.1, 0.15) is 46.1 Å². The van der Waals surface area contributed by atoms with E-state index < -0.39 is 23.8 Å². The minimum atomic E-state index is -1.07. The molecule has 0 aliphatic heterocycles. The predicted octanol–water partition coefficient (Wildman–Crippen LogP) is 3.13. The van der Waals surface area contributed by atoms with Crippen molar-refractivity contribution in [2.45, 2.75) is 33.2 Å². The number of carboxylic acids is 1. The standard InChI is InChI=1S/C17H20N2O5S/c1-9(2)7-11(17(22)23)18-16(21)14-10(3)8-13(25-14)19-15(20)12-5-4-6-24-12/h4-6,8-9,11H,7H2,1-3H3,(H,18,21)(H,19,20)(H,22,23)/t11-/m1/s1. The lowest BCUT2D eigenvalue weighted by Crippen LogP contribution is -2.41. The molecule has 1 atom stereocenters. The zero-order valence-corrected chi connectivity index (χ0v) is 15.0. The largest absolute Gasteiger partial charge is 0.480 e. The van der Waals surface area contributed by atoms with Gasteiger partial charge in [0, 0.05) is 0 Å². The van der Waals surface area contributed by atoms with E-state index in [0.29, 0.717) is 21.9 Å². The van der Waals surface area contributed by atoms with Crippen molar-refractivity contribution < 1.29 is 23.9 Å². The number of carbonyl (C=O) groups is 3. The Morgan fingerprint density at radius 1 is 1.28 bits per heavy atom. The van der Waals surface area contributed by atoms with Crippen molar-refractivity contribution in [3.05, 3.63) is 40.7 Å². The van der Waals surface area contributed by atoms with Crippen LogP contribution in [-0.2, 0) is 4.79 Å². The SMILES string of the molecule is Cc1cc(NC(=O)c2ccco2)sc1C(=O)N[C@H](CC(C)C)C(=O)O. The maximum Gasteiger partial charge on any atom is 0.326 e. The molecule has 2 rings (SSSR count). The summed E-state index contributed by atoms with van der Waals surface area (Å²) in [5, 5.41) is 14.9. The molecule has 0 spiro atoms. The number of nitrogens with one attached hydrogen (secondary N) is 2. The van der Waals surface area contributed by atoms with E-state index in [1.807, 2.05) is 13.8 Å². The Hall–Kier alpha value is -2.61. The van der Waals surface area contributed by atoms with Gasteiger partial charge in [0.1, 0.15) is 6.04 Å².